The Morgan fingerprint density at radius 2 is 2.00 bits per heavy atom. The molecule has 1 fully saturated rings. The van der Waals surface area contributed by atoms with E-state index in [-0.39, 0.29) is 5.91 Å². The number of amides is 1. The second-order valence-corrected chi connectivity index (χ2v) is 7.62. The highest BCUT2D eigenvalue weighted by Gasteiger charge is 2.37. The number of para-hydroxylation sites is 1. The van der Waals surface area contributed by atoms with Crippen molar-refractivity contribution in [3.63, 3.8) is 0 Å². The zero-order valence-corrected chi connectivity index (χ0v) is 14.4. The molecule has 0 radical (unpaired) electrons. The van der Waals surface area contributed by atoms with E-state index < -0.39 is 0 Å². The Morgan fingerprint density at radius 1 is 1.24 bits per heavy atom. The van der Waals surface area contributed by atoms with Gasteiger partial charge in [0.25, 0.3) is 5.91 Å². The Morgan fingerprint density at radius 3 is 2.67 bits per heavy atom. The molecule has 2 aliphatic rings. The van der Waals surface area contributed by atoms with Gasteiger partial charge in [0, 0.05) is 18.5 Å². The minimum absolute atomic E-state index is 0.0156. The molecule has 0 N–H and O–H groups in total. The van der Waals surface area contributed by atoms with Gasteiger partial charge >= 0.3 is 0 Å². The maximum absolute atomic E-state index is 12.4. The van der Waals surface area contributed by atoms with Crippen LogP contribution in [0.3, 0.4) is 0 Å². The SMILES string of the molecule is CCCCN1/C(=C2/SC(=S)N(C)C2=O)Sc2ccccc21. The van der Waals surface area contributed by atoms with E-state index in [2.05, 4.69) is 24.0 Å². The lowest BCUT2D eigenvalue weighted by molar-refractivity contribution is -0.121. The van der Waals surface area contributed by atoms with E-state index in [0.717, 1.165) is 29.3 Å². The average Bonchev–Trinajstić information content (AvgIpc) is 2.98. The molecule has 2 aliphatic heterocycles. The molecular formula is C15H16N2OS3. The number of rotatable bonds is 3. The number of carbonyl (C=O) groups is 1. The predicted molar refractivity (Wildman–Crippen MR) is 94.5 cm³/mol. The number of unbranched alkanes of at least 4 members (excludes halogenated alkanes) is 1. The molecule has 1 amide bonds. The van der Waals surface area contributed by atoms with E-state index in [1.165, 1.54) is 22.3 Å². The molecule has 6 heteroatoms. The van der Waals surface area contributed by atoms with Crippen molar-refractivity contribution in [3.8, 4) is 0 Å². The maximum atomic E-state index is 12.4. The van der Waals surface area contributed by atoms with E-state index in [9.17, 15) is 4.79 Å². The van der Waals surface area contributed by atoms with E-state index in [0.29, 0.717) is 4.32 Å². The van der Waals surface area contributed by atoms with Crippen molar-refractivity contribution in [3.05, 3.63) is 34.2 Å². The largest absolute Gasteiger partial charge is 0.334 e. The second-order valence-electron chi connectivity index (χ2n) is 4.94. The van der Waals surface area contributed by atoms with Gasteiger partial charge in [0.05, 0.1) is 5.69 Å². The highest BCUT2D eigenvalue weighted by Crippen LogP contribution is 2.50. The molecule has 1 saturated heterocycles. The summed E-state index contributed by atoms with van der Waals surface area (Å²) in [6.07, 6.45) is 2.23. The highest BCUT2D eigenvalue weighted by molar-refractivity contribution is 8.27. The summed E-state index contributed by atoms with van der Waals surface area (Å²) < 4.78 is 0.634. The van der Waals surface area contributed by atoms with Crippen LogP contribution in [-0.4, -0.2) is 28.7 Å². The zero-order chi connectivity index (χ0) is 15.0. The van der Waals surface area contributed by atoms with Gasteiger partial charge in [-0.3, -0.25) is 9.69 Å². The van der Waals surface area contributed by atoms with Gasteiger partial charge < -0.3 is 4.90 Å². The zero-order valence-electron chi connectivity index (χ0n) is 12.0. The first-order valence-electron chi connectivity index (χ1n) is 6.92. The lowest BCUT2D eigenvalue weighted by Gasteiger charge is -2.21. The van der Waals surface area contributed by atoms with Gasteiger partial charge in [-0.1, -0.05) is 61.2 Å². The molecule has 1 aromatic carbocycles. The molecule has 0 aliphatic carbocycles. The Hall–Kier alpha value is -0.980. The lowest BCUT2D eigenvalue weighted by atomic mass is 10.2. The molecule has 0 bridgehead atoms. The summed E-state index contributed by atoms with van der Waals surface area (Å²) in [4.78, 5) is 18.2. The number of nitrogens with zero attached hydrogens (tertiary/aromatic N) is 2. The van der Waals surface area contributed by atoms with E-state index in [1.807, 2.05) is 12.1 Å². The number of hydrogen-bond acceptors (Lipinski definition) is 5. The number of anilines is 1. The van der Waals surface area contributed by atoms with Crippen LogP contribution in [0.1, 0.15) is 19.8 Å². The molecular weight excluding hydrogens is 320 g/mol. The fourth-order valence-electron chi connectivity index (χ4n) is 2.31. The van der Waals surface area contributed by atoms with Gasteiger partial charge in [-0.2, -0.15) is 0 Å². The van der Waals surface area contributed by atoms with Crippen LogP contribution in [-0.2, 0) is 4.79 Å². The number of thioether (sulfide) groups is 2. The Kier molecular flexibility index (Phi) is 4.28. The fraction of sp³-hybridized carbons (Fsp3) is 0.333. The number of fused-ring (bicyclic) bond motifs is 1. The first-order chi connectivity index (χ1) is 10.1. The smallest absolute Gasteiger partial charge is 0.268 e. The third kappa shape index (κ3) is 2.60. The van der Waals surface area contributed by atoms with Gasteiger partial charge in [-0.15, -0.1) is 0 Å². The van der Waals surface area contributed by atoms with Crippen molar-refractivity contribution in [1.82, 2.24) is 4.90 Å². The summed E-state index contributed by atoms with van der Waals surface area (Å²) in [6, 6.07) is 8.32. The van der Waals surface area contributed by atoms with Crippen molar-refractivity contribution in [2.75, 3.05) is 18.5 Å². The van der Waals surface area contributed by atoms with Crippen molar-refractivity contribution < 1.29 is 4.79 Å². The van der Waals surface area contributed by atoms with Gasteiger partial charge in [-0.25, -0.2) is 0 Å². The average molecular weight is 337 g/mol. The third-order valence-electron chi connectivity index (χ3n) is 3.50. The Bertz CT molecular complexity index is 642. The van der Waals surface area contributed by atoms with E-state index >= 15 is 0 Å². The number of hydrogen-bond donors (Lipinski definition) is 0. The van der Waals surface area contributed by atoms with Gasteiger partial charge in [0.15, 0.2) is 0 Å². The molecule has 0 aromatic heterocycles. The van der Waals surface area contributed by atoms with Gasteiger partial charge in [0.1, 0.15) is 14.3 Å². The molecule has 3 nitrogen and oxygen atoms in total. The fourth-order valence-corrected chi connectivity index (χ4v) is 4.83. The Labute approximate surface area is 138 Å². The van der Waals surface area contributed by atoms with Crippen LogP contribution in [0.2, 0.25) is 0 Å². The molecule has 1 aromatic rings. The summed E-state index contributed by atoms with van der Waals surface area (Å²) in [5.74, 6) is 0.0156. The van der Waals surface area contributed by atoms with Crippen LogP contribution in [0, 0.1) is 0 Å². The molecule has 0 saturated carbocycles. The van der Waals surface area contributed by atoms with Gasteiger partial charge in [0.2, 0.25) is 0 Å². The van der Waals surface area contributed by atoms with Crippen LogP contribution in [0.25, 0.3) is 0 Å². The highest BCUT2D eigenvalue weighted by atomic mass is 32.2. The van der Waals surface area contributed by atoms with E-state index in [4.69, 9.17) is 12.2 Å². The number of carbonyl (C=O) groups excluding carboxylic acids is 1. The molecule has 21 heavy (non-hydrogen) atoms. The minimum atomic E-state index is 0.0156. The van der Waals surface area contributed by atoms with Crippen molar-refractivity contribution in [1.29, 1.82) is 0 Å². The quantitative estimate of drug-likeness (QED) is 0.612. The second kappa shape index (κ2) is 6.02. The first kappa shape index (κ1) is 14.9. The standard InChI is InChI=1S/C15H16N2OS3/c1-3-4-9-17-10-7-5-6-8-11(10)20-14(17)12-13(18)16(2)15(19)21-12/h5-8H,3-4,9H2,1-2H3/b14-12-. The monoisotopic (exact) mass is 336 g/mol. The third-order valence-corrected chi connectivity index (χ3v) is 6.36. The van der Waals surface area contributed by atoms with Crippen molar-refractivity contribution in [2.24, 2.45) is 0 Å². The van der Waals surface area contributed by atoms with Crippen molar-refractivity contribution >= 4 is 51.7 Å². The van der Waals surface area contributed by atoms with Crippen molar-refractivity contribution in [2.45, 2.75) is 24.7 Å². The summed E-state index contributed by atoms with van der Waals surface area (Å²) >= 11 is 8.34. The molecule has 110 valence electrons. The maximum Gasteiger partial charge on any atom is 0.268 e. The van der Waals surface area contributed by atoms with E-state index in [1.54, 1.807) is 23.7 Å². The van der Waals surface area contributed by atoms with Crippen LogP contribution in [0.4, 0.5) is 5.69 Å². The Balaban J connectivity index is 2.03. The van der Waals surface area contributed by atoms with Crippen LogP contribution in [0.5, 0.6) is 0 Å². The molecule has 0 unspecified atom stereocenters. The molecule has 0 spiro atoms. The summed E-state index contributed by atoms with van der Waals surface area (Å²) in [5.41, 5.74) is 1.20. The van der Waals surface area contributed by atoms with Gasteiger partial charge in [-0.05, 0) is 18.6 Å². The predicted octanol–water partition coefficient (Wildman–Crippen LogP) is 4.06. The number of benzene rings is 1. The van der Waals surface area contributed by atoms with Crippen LogP contribution < -0.4 is 4.90 Å². The topological polar surface area (TPSA) is 23.6 Å². The first-order valence-corrected chi connectivity index (χ1v) is 8.96. The lowest BCUT2D eigenvalue weighted by Crippen LogP contribution is -2.25. The normalized spacial score (nSPS) is 21.4. The summed E-state index contributed by atoms with van der Waals surface area (Å²) in [5, 5.41) is 1.03. The minimum Gasteiger partial charge on any atom is -0.334 e. The molecule has 3 rings (SSSR count). The number of thiocarbonyl (C=S) groups is 1. The molecule has 0 atom stereocenters. The summed E-state index contributed by atoms with van der Waals surface area (Å²) in [6.45, 7) is 3.12. The van der Waals surface area contributed by atoms with Crippen LogP contribution >= 0.6 is 35.7 Å². The van der Waals surface area contributed by atoms with Crippen LogP contribution in [0.15, 0.2) is 39.1 Å². The number of likely N-dealkylation sites (N-methyl/N-ethyl adjacent to an activating group) is 1. The molecule has 2 heterocycles. The summed E-state index contributed by atoms with van der Waals surface area (Å²) in [7, 11) is 1.74.